The zero-order valence-electron chi connectivity index (χ0n) is 15.5. The Hall–Kier alpha value is -3.80. The van der Waals surface area contributed by atoms with Gasteiger partial charge in [0, 0.05) is 11.9 Å². The molecule has 0 saturated heterocycles. The van der Waals surface area contributed by atoms with Gasteiger partial charge in [-0.25, -0.2) is 10.2 Å². The van der Waals surface area contributed by atoms with Crippen molar-refractivity contribution in [1.82, 2.24) is 10.4 Å². The van der Waals surface area contributed by atoms with E-state index in [0.717, 1.165) is 16.8 Å². The van der Waals surface area contributed by atoms with Crippen LogP contribution in [0.15, 0.2) is 72.0 Å². The van der Waals surface area contributed by atoms with E-state index in [-0.39, 0.29) is 5.91 Å². The lowest BCUT2D eigenvalue weighted by molar-refractivity contribution is 0.0734. The van der Waals surface area contributed by atoms with E-state index in [9.17, 15) is 9.59 Å². The number of esters is 1. The molecule has 1 heterocycles. The van der Waals surface area contributed by atoms with Gasteiger partial charge in [-0.15, -0.1) is 0 Å². The second-order valence-electron chi connectivity index (χ2n) is 6.21. The molecular formula is C22H19N3O3. The third kappa shape index (κ3) is 5.11. The number of aryl methyl sites for hydroxylation is 2. The van der Waals surface area contributed by atoms with E-state index < -0.39 is 5.97 Å². The summed E-state index contributed by atoms with van der Waals surface area (Å²) >= 11 is 0. The number of pyridine rings is 1. The fraction of sp³-hybridized carbons (Fsp3) is 0.0909. The van der Waals surface area contributed by atoms with Gasteiger partial charge in [-0.3, -0.25) is 9.78 Å². The van der Waals surface area contributed by atoms with Crippen LogP contribution in [-0.4, -0.2) is 23.1 Å². The second-order valence-corrected chi connectivity index (χ2v) is 6.21. The van der Waals surface area contributed by atoms with Crippen LogP contribution in [-0.2, 0) is 0 Å². The van der Waals surface area contributed by atoms with Crippen LogP contribution >= 0.6 is 0 Å². The highest BCUT2D eigenvalue weighted by Gasteiger charge is 2.08. The number of ether oxygens (including phenoxy) is 1. The summed E-state index contributed by atoms with van der Waals surface area (Å²) in [6.45, 7) is 3.80. The van der Waals surface area contributed by atoms with Crippen molar-refractivity contribution in [3.63, 3.8) is 0 Å². The predicted molar refractivity (Wildman–Crippen MR) is 107 cm³/mol. The van der Waals surface area contributed by atoms with Crippen molar-refractivity contribution in [1.29, 1.82) is 0 Å². The van der Waals surface area contributed by atoms with Crippen molar-refractivity contribution in [2.24, 2.45) is 5.10 Å². The first-order valence-electron chi connectivity index (χ1n) is 8.66. The van der Waals surface area contributed by atoms with Crippen LogP contribution in [0.1, 0.15) is 37.5 Å². The molecule has 0 atom stereocenters. The number of aromatic nitrogens is 1. The van der Waals surface area contributed by atoms with E-state index >= 15 is 0 Å². The van der Waals surface area contributed by atoms with Crippen LogP contribution in [0.3, 0.4) is 0 Å². The van der Waals surface area contributed by atoms with E-state index in [1.807, 2.05) is 26.0 Å². The van der Waals surface area contributed by atoms with Crippen LogP contribution < -0.4 is 10.2 Å². The Balaban J connectivity index is 1.55. The first kappa shape index (κ1) is 19.0. The number of hydrogen-bond acceptors (Lipinski definition) is 5. The average molecular weight is 373 g/mol. The summed E-state index contributed by atoms with van der Waals surface area (Å²) in [5.74, 6) is -0.328. The molecule has 0 unspecified atom stereocenters. The summed E-state index contributed by atoms with van der Waals surface area (Å²) in [5.41, 5.74) is 6.03. The number of rotatable bonds is 5. The van der Waals surface area contributed by atoms with Crippen LogP contribution in [0, 0.1) is 13.8 Å². The molecule has 140 valence electrons. The molecule has 0 bridgehead atoms. The molecule has 1 N–H and O–H groups in total. The number of amides is 1. The van der Waals surface area contributed by atoms with E-state index in [2.05, 4.69) is 15.5 Å². The lowest BCUT2D eigenvalue weighted by Gasteiger charge is -2.05. The van der Waals surface area contributed by atoms with Gasteiger partial charge in [-0.05, 0) is 67.9 Å². The van der Waals surface area contributed by atoms with Crippen molar-refractivity contribution in [2.75, 3.05) is 0 Å². The number of hydrogen-bond donors (Lipinski definition) is 1. The van der Waals surface area contributed by atoms with Gasteiger partial charge in [0.05, 0.1) is 17.3 Å². The van der Waals surface area contributed by atoms with Crippen molar-refractivity contribution >= 4 is 18.1 Å². The number of benzene rings is 2. The highest BCUT2D eigenvalue weighted by Crippen LogP contribution is 2.14. The lowest BCUT2D eigenvalue weighted by Crippen LogP contribution is -2.17. The summed E-state index contributed by atoms with van der Waals surface area (Å²) in [4.78, 5) is 28.1. The Kier molecular flexibility index (Phi) is 5.91. The van der Waals surface area contributed by atoms with Gasteiger partial charge in [0.1, 0.15) is 5.75 Å². The second kappa shape index (κ2) is 8.73. The maximum Gasteiger partial charge on any atom is 0.343 e. The van der Waals surface area contributed by atoms with Gasteiger partial charge in [0.25, 0.3) is 5.91 Å². The van der Waals surface area contributed by atoms with E-state index in [1.54, 1.807) is 48.5 Å². The third-order valence-corrected chi connectivity index (χ3v) is 3.93. The van der Waals surface area contributed by atoms with Crippen molar-refractivity contribution in [3.05, 3.63) is 94.8 Å². The molecule has 2 aromatic carbocycles. The minimum Gasteiger partial charge on any atom is -0.423 e. The Labute approximate surface area is 162 Å². The van der Waals surface area contributed by atoms with Crippen molar-refractivity contribution < 1.29 is 14.3 Å². The first-order chi connectivity index (χ1) is 13.5. The monoisotopic (exact) mass is 373 g/mol. The maximum atomic E-state index is 12.1. The smallest absolute Gasteiger partial charge is 0.343 e. The Bertz CT molecular complexity index is 993. The molecule has 0 aliphatic heterocycles. The first-order valence-corrected chi connectivity index (χ1v) is 8.66. The molecule has 3 rings (SSSR count). The highest BCUT2D eigenvalue weighted by atomic mass is 16.5. The van der Waals surface area contributed by atoms with E-state index in [4.69, 9.17) is 4.74 Å². The van der Waals surface area contributed by atoms with Crippen LogP contribution in [0.2, 0.25) is 0 Å². The molecule has 0 fully saturated rings. The summed E-state index contributed by atoms with van der Waals surface area (Å²) < 4.78 is 5.35. The number of carbonyl (C=O) groups excluding carboxylic acids is 2. The Morgan fingerprint density at radius 1 is 0.929 bits per heavy atom. The van der Waals surface area contributed by atoms with Crippen molar-refractivity contribution in [2.45, 2.75) is 13.8 Å². The molecule has 0 aliphatic rings. The molecule has 0 saturated carbocycles. The highest BCUT2D eigenvalue weighted by molar-refractivity contribution is 5.94. The molecule has 3 aromatic rings. The van der Waals surface area contributed by atoms with Gasteiger partial charge in [0.15, 0.2) is 0 Å². The number of nitrogens with one attached hydrogen (secondary N) is 1. The maximum absolute atomic E-state index is 12.1. The van der Waals surface area contributed by atoms with E-state index in [0.29, 0.717) is 16.9 Å². The van der Waals surface area contributed by atoms with Crippen LogP contribution in [0.4, 0.5) is 0 Å². The van der Waals surface area contributed by atoms with Crippen LogP contribution in [0.5, 0.6) is 5.75 Å². The largest absolute Gasteiger partial charge is 0.423 e. The van der Waals surface area contributed by atoms with Gasteiger partial charge in [-0.2, -0.15) is 5.10 Å². The minimum atomic E-state index is -0.416. The molecule has 1 aromatic heterocycles. The summed E-state index contributed by atoms with van der Waals surface area (Å²) in [6, 6.07) is 17.4. The molecule has 28 heavy (non-hydrogen) atoms. The van der Waals surface area contributed by atoms with Gasteiger partial charge in [0.2, 0.25) is 0 Å². The fourth-order valence-electron chi connectivity index (χ4n) is 2.31. The summed E-state index contributed by atoms with van der Waals surface area (Å²) in [6.07, 6.45) is 3.00. The SMILES string of the molecule is Cc1ccc(C(=O)Oc2ccc(C=NNC(=O)c3ccc(C)nc3)cc2)cc1. The molecule has 6 heteroatoms. The topological polar surface area (TPSA) is 80.6 Å². The fourth-order valence-corrected chi connectivity index (χ4v) is 2.31. The average Bonchev–Trinajstić information content (AvgIpc) is 2.70. The Morgan fingerprint density at radius 2 is 1.61 bits per heavy atom. The quantitative estimate of drug-likeness (QED) is 0.320. The zero-order chi connectivity index (χ0) is 19.9. The standard InChI is InChI=1S/C22H19N3O3/c1-15-3-8-18(9-4-15)22(27)28-20-11-6-17(7-12-20)13-24-25-21(26)19-10-5-16(2)23-14-19/h3-14H,1-2H3,(H,25,26). The lowest BCUT2D eigenvalue weighted by atomic mass is 10.1. The Morgan fingerprint density at radius 3 is 2.25 bits per heavy atom. The van der Waals surface area contributed by atoms with Crippen LogP contribution in [0.25, 0.3) is 0 Å². The molecule has 0 radical (unpaired) electrons. The minimum absolute atomic E-state index is 0.340. The predicted octanol–water partition coefficient (Wildman–Crippen LogP) is 3.68. The zero-order valence-corrected chi connectivity index (χ0v) is 15.5. The normalized spacial score (nSPS) is 10.6. The van der Waals surface area contributed by atoms with Gasteiger partial charge in [-0.1, -0.05) is 17.7 Å². The molecule has 0 spiro atoms. The molecular weight excluding hydrogens is 354 g/mol. The number of nitrogens with zero attached hydrogens (tertiary/aromatic N) is 2. The molecule has 6 nitrogen and oxygen atoms in total. The summed E-state index contributed by atoms with van der Waals surface area (Å²) in [5, 5.41) is 3.93. The van der Waals surface area contributed by atoms with Crippen molar-refractivity contribution in [3.8, 4) is 5.75 Å². The molecule has 0 aliphatic carbocycles. The third-order valence-electron chi connectivity index (χ3n) is 3.93. The number of hydrazone groups is 1. The number of carbonyl (C=O) groups is 2. The van der Waals surface area contributed by atoms with Gasteiger partial charge >= 0.3 is 5.97 Å². The summed E-state index contributed by atoms with van der Waals surface area (Å²) in [7, 11) is 0. The van der Waals surface area contributed by atoms with E-state index in [1.165, 1.54) is 12.4 Å². The van der Waals surface area contributed by atoms with Gasteiger partial charge < -0.3 is 4.74 Å². The molecule has 1 amide bonds.